The van der Waals surface area contributed by atoms with E-state index in [9.17, 15) is 9.90 Å². The van der Waals surface area contributed by atoms with Crippen molar-refractivity contribution in [1.82, 2.24) is 5.43 Å². The zero-order chi connectivity index (χ0) is 16.1. The summed E-state index contributed by atoms with van der Waals surface area (Å²) in [5.74, 6) is 0.0267. The van der Waals surface area contributed by atoms with Crippen LogP contribution in [0.5, 0.6) is 11.5 Å². The summed E-state index contributed by atoms with van der Waals surface area (Å²) >= 11 is 6.34. The second-order valence-electron chi connectivity index (χ2n) is 4.09. The highest BCUT2D eigenvalue weighted by molar-refractivity contribution is 9.10. The molecule has 22 heavy (non-hydrogen) atoms. The fourth-order valence-corrected chi connectivity index (χ4v) is 2.36. The quantitative estimate of drug-likeness (QED) is 0.558. The van der Waals surface area contributed by atoms with E-state index in [4.69, 9.17) is 9.15 Å². The topological polar surface area (TPSA) is 84.1 Å². The number of nitrogens with one attached hydrogen (secondary N) is 1. The molecule has 2 N–H and O–H groups in total. The largest absolute Gasteiger partial charge is 0.503 e. The van der Waals surface area contributed by atoms with Gasteiger partial charge in [-0.25, -0.2) is 5.43 Å². The van der Waals surface area contributed by atoms with E-state index in [1.807, 2.05) is 6.92 Å². The van der Waals surface area contributed by atoms with Crippen molar-refractivity contribution in [2.45, 2.75) is 6.92 Å². The number of hydrogen-bond acceptors (Lipinski definition) is 5. The minimum Gasteiger partial charge on any atom is -0.503 e. The number of amides is 1. The van der Waals surface area contributed by atoms with Gasteiger partial charge in [-0.15, -0.1) is 0 Å². The molecular formula is C14H12Br2N2O4. The highest BCUT2D eigenvalue weighted by atomic mass is 79.9. The molecule has 0 unspecified atom stereocenters. The molecule has 0 aliphatic rings. The maximum absolute atomic E-state index is 11.7. The molecule has 1 aromatic carbocycles. The Morgan fingerprint density at radius 3 is 2.86 bits per heavy atom. The minimum atomic E-state index is -0.468. The summed E-state index contributed by atoms with van der Waals surface area (Å²) in [7, 11) is 0. The Kier molecular flexibility index (Phi) is 5.62. The van der Waals surface area contributed by atoms with E-state index >= 15 is 0 Å². The van der Waals surface area contributed by atoms with Crippen molar-refractivity contribution in [3.63, 3.8) is 0 Å². The number of carbonyl (C=O) groups is 1. The molecule has 0 bridgehead atoms. The zero-order valence-electron chi connectivity index (χ0n) is 11.5. The minimum absolute atomic E-state index is 0.0171. The van der Waals surface area contributed by atoms with Crippen LogP contribution >= 0.6 is 31.9 Å². The van der Waals surface area contributed by atoms with Crippen LogP contribution in [0.15, 0.2) is 42.9 Å². The maximum atomic E-state index is 11.7. The lowest BCUT2D eigenvalue weighted by Gasteiger charge is -2.08. The number of hydrogen-bond donors (Lipinski definition) is 2. The summed E-state index contributed by atoms with van der Waals surface area (Å²) in [6.45, 7) is 2.24. The number of benzene rings is 1. The number of aromatic hydroxyl groups is 1. The van der Waals surface area contributed by atoms with Crippen LogP contribution in [0.4, 0.5) is 0 Å². The molecule has 0 saturated heterocycles. The zero-order valence-corrected chi connectivity index (χ0v) is 14.6. The van der Waals surface area contributed by atoms with Crippen molar-refractivity contribution in [3.05, 3.63) is 44.7 Å². The molecule has 1 amide bonds. The van der Waals surface area contributed by atoms with Crippen LogP contribution in [0, 0.1) is 0 Å². The van der Waals surface area contributed by atoms with E-state index in [0.29, 0.717) is 27.1 Å². The molecule has 0 radical (unpaired) electrons. The average Bonchev–Trinajstić information content (AvgIpc) is 2.91. The van der Waals surface area contributed by atoms with Gasteiger partial charge >= 0.3 is 5.91 Å². The molecule has 2 rings (SSSR count). The Morgan fingerprint density at radius 2 is 2.23 bits per heavy atom. The molecule has 1 heterocycles. The summed E-state index contributed by atoms with van der Waals surface area (Å²) < 4.78 is 11.3. The van der Waals surface area contributed by atoms with Crippen molar-refractivity contribution < 1.29 is 19.1 Å². The molecule has 116 valence electrons. The maximum Gasteiger partial charge on any atom is 0.307 e. The lowest BCUT2D eigenvalue weighted by molar-refractivity contribution is 0.0926. The molecular weight excluding hydrogens is 420 g/mol. The van der Waals surface area contributed by atoms with Crippen molar-refractivity contribution in [2.24, 2.45) is 5.10 Å². The standard InChI is InChI=1S/C14H12Br2N2O4/c1-2-21-11-6-8(5-9(15)13(11)19)7-17-18-14(20)10-3-4-12(16)22-10/h3-7,19H,2H2,1H3,(H,18,20). The highest BCUT2D eigenvalue weighted by Crippen LogP contribution is 2.35. The number of phenolic OH excluding ortho intramolecular Hbond substituents is 1. The van der Waals surface area contributed by atoms with Gasteiger partial charge in [0.2, 0.25) is 0 Å². The predicted octanol–water partition coefficient (Wildman–Crippen LogP) is 3.67. The van der Waals surface area contributed by atoms with Crippen molar-refractivity contribution in [3.8, 4) is 11.5 Å². The Hall–Kier alpha value is -1.80. The number of ether oxygens (including phenoxy) is 1. The number of hydrazone groups is 1. The third-order valence-electron chi connectivity index (χ3n) is 2.53. The summed E-state index contributed by atoms with van der Waals surface area (Å²) in [5, 5.41) is 13.7. The van der Waals surface area contributed by atoms with Gasteiger partial charge in [0.1, 0.15) is 0 Å². The molecule has 1 aromatic heterocycles. The predicted molar refractivity (Wildman–Crippen MR) is 88.4 cm³/mol. The van der Waals surface area contributed by atoms with Crippen LogP contribution in [0.2, 0.25) is 0 Å². The molecule has 0 aliphatic carbocycles. The molecule has 0 aliphatic heterocycles. The van der Waals surface area contributed by atoms with Gasteiger partial charge < -0.3 is 14.3 Å². The van der Waals surface area contributed by atoms with Gasteiger partial charge in [0.05, 0.1) is 17.3 Å². The summed E-state index contributed by atoms with van der Waals surface area (Å²) in [5.41, 5.74) is 2.99. The second kappa shape index (κ2) is 7.46. The third kappa shape index (κ3) is 4.11. The molecule has 0 spiro atoms. The lowest BCUT2D eigenvalue weighted by Crippen LogP contribution is -2.16. The van der Waals surface area contributed by atoms with Crippen LogP contribution in [-0.4, -0.2) is 23.8 Å². The van der Waals surface area contributed by atoms with Crippen LogP contribution in [0.25, 0.3) is 0 Å². The number of phenols is 1. The fraction of sp³-hybridized carbons (Fsp3) is 0.143. The number of furan rings is 1. The Bertz CT molecular complexity index is 713. The molecule has 0 saturated carbocycles. The molecule has 2 aromatic rings. The molecule has 6 nitrogen and oxygen atoms in total. The van der Waals surface area contributed by atoms with Gasteiger partial charge in [-0.3, -0.25) is 4.79 Å². The monoisotopic (exact) mass is 430 g/mol. The Balaban J connectivity index is 2.08. The third-order valence-corrected chi connectivity index (χ3v) is 3.56. The first kappa shape index (κ1) is 16.6. The number of nitrogens with zero attached hydrogens (tertiary/aromatic N) is 1. The SMILES string of the molecule is CCOc1cc(C=NNC(=O)c2ccc(Br)o2)cc(Br)c1O. The van der Waals surface area contributed by atoms with E-state index in [-0.39, 0.29) is 11.5 Å². The van der Waals surface area contributed by atoms with Crippen molar-refractivity contribution in [2.75, 3.05) is 6.61 Å². The number of rotatable bonds is 5. The first-order chi connectivity index (χ1) is 10.5. The van der Waals surface area contributed by atoms with Gasteiger partial charge in [0, 0.05) is 0 Å². The Labute approximate surface area is 143 Å². The molecule has 0 fully saturated rings. The summed E-state index contributed by atoms with van der Waals surface area (Å²) in [4.78, 5) is 11.7. The van der Waals surface area contributed by atoms with Gasteiger partial charge in [-0.1, -0.05) is 0 Å². The van der Waals surface area contributed by atoms with Crippen LogP contribution in [-0.2, 0) is 0 Å². The van der Waals surface area contributed by atoms with E-state index in [1.165, 1.54) is 12.3 Å². The van der Waals surface area contributed by atoms with Gasteiger partial charge in [-0.2, -0.15) is 5.10 Å². The van der Waals surface area contributed by atoms with E-state index in [2.05, 4.69) is 42.4 Å². The van der Waals surface area contributed by atoms with Crippen LogP contribution in [0.1, 0.15) is 23.0 Å². The smallest absolute Gasteiger partial charge is 0.307 e. The first-order valence-corrected chi connectivity index (χ1v) is 7.84. The molecule has 0 atom stereocenters. The highest BCUT2D eigenvalue weighted by Gasteiger charge is 2.10. The lowest BCUT2D eigenvalue weighted by atomic mass is 10.2. The average molecular weight is 432 g/mol. The van der Waals surface area contributed by atoms with Gasteiger partial charge in [-0.05, 0) is 68.6 Å². The van der Waals surface area contributed by atoms with Crippen LogP contribution < -0.4 is 10.2 Å². The van der Waals surface area contributed by atoms with Gasteiger partial charge in [0.15, 0.2) is 21.9 Å². The van der Waals surface area contributed by atoms with Gasteiger partial charge in [0.25, 0.3) is 0 Å². The summed E-state index contributed by atoms with van der Waals surface area (Å²) in [6, 6.07) is 6.41. The number of carbonyl (C=O) groups excluding carboxylic acids is 1. The number of halogens is 2. The van der Waals surface area contributed by atoms with E-state index in [1.54, 1.807) is 18.2 Å². The van der Waals surface area contributed by atoms with Crippen LogP contribution in [0.3, 0.4) is 0 Å². The van der Waals surface area contributed by atoms with Crippen molar-refractivity contribution in [1.29, 1.82) is 0 Å². The molecule has 8 heteroatoms. The second-order valence-corrected chi connectivity index (χ2v) is 5.72. The van der Waals surface area contributed by atoms with E-state index in [0.717, 1.165) is 0 Å². The first-order valence-electron chi connectivity index (χ1n) is 6.25. The Morgan fingerprint density at radius 1 is 1.45 bits per heavy atom. The van der Waals surface area contributed by atoms with E-state index < -0.39 is 5.91 Å². The fourth-order valence-electron chi connectivity index (χ4n) is 1.59. The summed E-state index contributed by atoms with van der Waals surface area (Å²) in [6.07, 6.45) is 1.43. The van der Waals surface area contributed by atoms with Crippen molar-refractivity contribution >= 4 is 44.0 Å². The normalized spacial score (nSPS) is 10.9.